The Morgan fingerprint density at radius 2 is 0.842 bits per heavy atom. The minimum absolute atomic E-state index is 1.27. The summed E-state index contributed by atoms with van der Waals surface area (Å²) in [6.07, 6.45) is 0. The van der Waals surface area contributed by atoms with Crippen LogP contribution in [0.15, 0.2) is 133 Å². The molecule has 0 heterocycles. The Bertz CT molecular complexity index is 2270. The third kappa shape index (κ3) is 2.54. The van der Waals surface area contributed by atoms with Gasteiger partial charge in [0.25, 0.3) is 0 Å². The van der Waals surface area contributed by atoms with Crippen LogP contribution in [0.4, 0.5) is 0 Å². The summed E-state index contributed by atoms with van der Waals surface area (Å²) in [5, 5.41) is 13.3. The molecule has 1 aliphatic rings. The number of hydrogen-bond acceptors (Lipinski definition) is 0. The molecule has 0 atom stereocenters. The average molecular weight is 479 g/mol. The molecule has 0 heteroatoms. The van der Waals surface area contributed by atoms with Gasteiger partial charge in [0.15, 0.2) is 0 Å². The Hall–Kier alpha value is -4.94. The van der Waals surface area contributed by atoms with Gasteiger partial charge in [0, 0.05) is 0 Å². The van der Waals surface area contributed by atoms with E-state index in [9.17, 15) is 0 Å². The van der Waals surface area contributed by atoms with Crippen LogP contribution >= 0.6 is 0 Å². The summed E-state index contributed by atoms with van der Waals surface area (Å²) in [6.45, 7) is 0. The monoisotopic (exact) mass is 478 g/mol. The van der Waals surface area contributed by atoms with E-state index in [-0.39, 0.29) is 0 Å². The second-order valence-electron chi connectivity index (χ2n) is 10.4. The van der Waals surface area contributed by atoms with E-state index in [0.717, 1.165) is 0 Å². The van der Waals surface area contributed by atoms with E-state index in [1.165, 1.54) is 87.2 Å². The summed E-state index contributed by atoms with van der Waals surface area (Å²) in [5.41, 5.74) is 7.97. The molecule has 0 nitrogen and oxygen atoms in total. The SMILES string of the molecule is c1ccc(-c2ccc3c4c(cccc24)-c2c-3ccc3c2ccc2c3ccc3c4ccccc4ccc32)cc1. The number of rotatable bonds is 1. The third-order valence-electron chi connectivity index (χ3n) is 8.60. The highest BCUT2D eigenvalue weighted by atomic mass is 14.3. The van der Waals surface area contributed by atoms with Crippen molar-refractivity contribution in [1.82, 2.24) is 0 Å². The number of hydrogen-bond donors (Lipinski definition) is 0. The summed E-state index contributed by atoms with van der Waals surface area (Å²) in [4.78, 5) is 0. The van der Waals surface area contributed by atoms with Gasteiger partial charge in [-0.25, -0.2) is 0 Å². The topological polar surface area (TPSA) is 0 Å². The Balaban J connectivity index is 1.35. The highest BCUT2D eigenvalue weighted by Gasteiger charge is 2.25. The van der Waals surface area contributed by atoms with Crippen molar-refractivity contribution in [3.05, 3.63) is 133 Å². The van der Waals surface area contributed by atoms with Crippen molar-refractivity contribution in [3.63, 3.8) is 0 Å². The zero-order chi connectivity index (χ0) is 24.8. The summed E-state index contributed by atoms with van der Waals surface area (Å²) in [6, 6.07) is 49.4. The van der Waals surface area contributed by atoms with Crippen LogP contribution in [0, 0.1) is 0 Å². The Labute approximate surface area is 220 Å². The molecule has 38 heavy (non-hydrogen) atoms. The van der Waals surface area contributed by atoms with Gasteiger partial charge >= 0.3 is 0 Å². The van der Waals surface area contributed by atoms with Crippen molar-refractivity contribution in [2.45, 2.75) is 0 Å². The molecule has 0 saturated heterocycles. The Morgan fingerprint density at radius 1 is 0.263 bits per heavy atom. The lowest BCUT2D eigenvalue weighted by Crippen LogP contribution is -1.85. The quantitative estimate of drug-likeness (QED) is 0.206. The first kappa shape index (κ1) is 20.2. The van der Waals surface area contributed by atoms with Gasteiger partial charge in [-0.2, -0.15) is 0 Å². The van der Waals surface area contributed by atoms with Gasteiger partial charge in [-0.1, -0.05) is 133 Å². The van der Waals surface area contributed by atoms with Crippen molar-refractivity contribution in [1.29, 1.82) is 0 Å². The molecule has 0 unspecified atom stereocenters. The zero-order valence-electron chi connectivity index (χ0n) is 20.7. The molecule has 0 aliphatic heterocycles. The van der Waals surface area contributed by atoms with Gasteiger partial charge in [0.2, 0.25) is 0 Å². The van der Waals surface area contributed by atoms with Crippen LogP contribution in [0.25, 0.3) is 87.2 Å². The van der Waals surface area contributed by atoms with E-state index < -0.39 is 0 Å². The first-order valence-corrected chi connectivity index (χ1v) is 13.3. The largest absolute Gasteiger partial charge is 0.0622 e. The van der Waals surface area contributed by atoms with Crippen molar-refractivity contribution >= 4 is 53.9 Å². The molecule has 0 radical (unpaired) electrons. The molecule has 0 fully saturated rings. The average Bonchev–Trinajstić information content (AvgIpc) is 3.32. The summed E-state index contributed by atoms with van der Waals surface area (Å²) >= 11 is 0. The molecule has 0 saturated carbocycles. The standard InChI is InChI=1S/C38H22/c1-2-7-23(8-3-1)26-15-20-34-35-22-19-31-30-17-16-27-25-10-5-4-9-24(25)13-14-28(27)29(30)18-21-33(31)38(35)36-12-6-11-32(26)37(34)36/h1-22H. The molecule has 0 N–H and O–H groups in total. The van der Waals surface area contributed by atoms with Crippen molar-refractivity contribution in [2.75, 3.05) is 0 Å². The van der Waals surface area contributed by atoms with E-state index in [1.807, 2.05) is 0 Å². The van der Waals surface area contributed by atoms with Crippen LogP contribution in [0.5, 0.6) is 0 Å². The molecule has 0 aromatic heterocycles. The van der Waals surface area contributed by atoms with Crippen LogP contribution in [0.3, 0.4) is 0 Å². The molecule has 1 aliphatic carbocycles. The van der Waals surface area contributed by atoms with Crippen molar-refractivity contribution in [3.8, 4) is 33.4 Å². The minimum Gasteiger partial charge on any atom is -0.0622 e. The van der Waals surface area contributed by atoms with E-state index in [4.69, 9.17) is 0 Å². The molecule has 0 amide bonds. The van der Waals surface area contributed by atoms with Crippen LogP contribution in [0.2, 0.25) is 0 Å². The molecule has 174 valence electrons. The van der Waals surface area contributed by atoms with Crippen LogP contribution in [-0.4, -0.2) is 0 Å². The van der Waals surface area contributed by atoms with E-state index >= 15 is 0 Å². The summed E-state index contributed by atoms with van der Waals surface area (Å²) < 4.78 is 0. The second kappa shape index (κ2) is 7.31. The molecule has 9 rings (SSSR count). The van der Waals surface area contributed by atoms with Gasteiger partial charge in [0.1, 0.15) is 0 Å². The summed E-state index contributed by atoms with van der Waals surface area (Å²) in [7, 11) is 0. The van der Waals surface area contributed by atoms with Gasteiger partial charge < -0.3 is 0 Å². The fourth-order valence-electron chi connectivity index (χ4n) is 6.94. The van der Waals surface area contributed by atoms with E-state index in [0.29, 0.717) is 0 Å². The number of benzene rings is 8. The Morgan fingerprint density at radius 3 is 1.68 bits per heavy atom. The smallest absolute Gasteiger partial charge is 0.00199 e. The first-order chi connectivity index (χ1) is 18.9. The molecule has 8 aromatic rings. The fourth-order valence-corrected chi connectivity index (χ4v) is 6.94. The lowest BCUT2D eigenvalue weighted by atomic mass is 9.91. The normalized spacial score (nSPS) is 12.2. The highest BCUT2D eigenvalue weighted by molar-refractivity contribution is 6.28. The maximum atomic E-state index is 2.36. The van der Waals surface area contributed by atoms with Gasteiger partial charge in [-0.05, 0) is 87.2 Å². The molecular formula is C38H22. The van der Waals surface area contributed by atoms with Crippen molar-refractivity contribution < 1.29 is 0 Å². The van der Waals surface area contributed by atoms with Crippen LogP contribution in [0.1, 0.15) is 0 Å². The highest BCUT2D eigenvalue weighted by Crippen LogP contribution is 2.52. The third-order valence-corrected chi connectivity index (χ3v) is 8.60. The number of fused-ring (bicyclic) bond motifs is 11. The summed E-state index contributed by atoms with van der Waals surface area (Å²) in [5.74, 6) is 0. The van der Waals surface area contributed by atoms with Crippen LogP contribution in [-0.2, 0) is 0 Å². The van der Waals surface area contributed by atoms with E-state index in [1.54, 1.807) is 0 Å². The maximum absolute atomic E-state index is 2.36. The maximum Gasteiger partial charge on any atom is -0.00199 e. The fraction of sp³-hybridized carbons (Fsp3) is 0. The van der Waals surface area contributed by atoms with Crippen molar-refractivity contribution in [2.24, 2.45) is 0 Å². The molecule has 0 spiro atoms. The lowest BCUT2D eigenvalue weighted by molar-refractivity contribution is 1.66. The van der Waals surface area contributed by atoms with Gasteiger partial charge in [0.05, 0.1) is 0 Å². The Kier molecular flexibility index (Phi) is 3.88. The predicted octanol–water partition coefficient (Wildman–Crippen LogP) is 10.8. The predicted molar refractivity (Wildman–Crippen MR) is 164 cm³/mol. The van der Waals surface area contributed by atoms with E-state index in [2.05, 4.69) is 133 Å². The molecular weight excluding hydrogens is 456 g/mol. The van der Waals surface area contributed by atoms with Gasteiger partial charge in [-0.15, -0.1) is 0 Å². The lowest BCUT2D eigenvalue weighted by Gasteiger charge is -2.13. The zero-order valence-corrected chi connectivity index (χ0v) is 20.7. The second-order valence-corrected chi connectivity index (χ2v) is 10.4. The molecule has 8 aromatic carbocycles. The van der Waals surface area contributed by atoms with Crippen LogP contribution < -0.4 is 0 Å². The minimum atomic E-state index is 1.27. The first-order valence-electron chi connectivity index (χ1n) is 13.3. The van der Waals surface area contributed by atoms with Gasteiger partial charge in [-0.3, -0.25) is 0 Å². The molecule has 0 bridgehead atoms.